The highest BCUT2D eigenvalue weighted by molar-refractivity contribution is 9.10. The number of benzene rings is 1. The lowest BCUT2D eigenvalue weighted by Crippen LogP contribution is -2.35. The maximum atomic E-state index is 3.76. The molecule has 2 rings (SSSR count). The Morgan fingerprint density at radius 2 is 2.00 bits per heavy atom. The molecule has 0 amide bonds. The van der Waals surface area contributed by atoms with Crippen LogP contribution in [0.1, 0.15) is 52.2 Å². The van der Waals surface area contributed by atoms with Gasteiger partial charge in [0.2, 0.25) is 0 Å². The molecule has 1 saturated heterocycles. The predicted molar refractivity (Wildman–Crippen MR) is 94.4 cm³/mol. The second-order valence-electron chi connectivity index (χ2n) is 7.65. The van der Waals surface area contributed by atoms with Gasteiger partial charge in [-0.05, 0) is 57.2 Å². The van der Waals surface area contributed by atoms with Gasteiger partial charge in [-0.2, -0.15) is 0 Å². The zero-order valence-corrected chi connectivity index (χ0v) is 15.6. The largest absolute Gasteiger partial charge is 0.308 e. The van der Waals surface area contributed by atoms with Crippen LogP contribution in [0.5, 0.6) is 0 Å². The van der Waals surface area contributed by atoms with E-state index in [0.717, 1.165) is 19.0 Å². The highest BCUT2D eigenvalue weighted by Gasteiger charge is 2.26. The molecule has 0 aliphatic carbocycles. The van der Waals surface area contributed by atoms with E-state index in [1.807, 2.05) is 0 Å². The number of nitrogens with zero attached hydrogens (tertiary/aromatic N) is 1. The third-order valence-electron chi connectivity index (χ3n) is 4.23. The molecule has 3 heteroatoms. The number of hydrogen-bond acceptors (Lipinski definition) is 2. The number of hydrogen-bond donors (Lipinski definition) is 1. The lowest BCUT2D eigenvalue weighted by Gasteiger charge is -2.23. The molecule has 1 aromatic carbocycles. The summed E-state index contributed by atoms with van der Waals surface area (Å²) in [5.41, 5.74) is 2.89. The summed E-state index contributed by atoms with van der Waals surface area (Å²) in [5.74, 6) is 0.828. The van der Waals surface area contributed by atoms with Crippen LogP contribution in [-0.4, -0.2) is 23.0 Å². The SMILES string of the molecule is CC1CC(C)N(Cc2ccc(CNC(C)(C)C)cc2Br)C1. The highest BCUT2D eigenvalue weighted by Crippen LogP contribution is 2.27. The minimum Gasteiger partial charge on any atom is -0.308 e. The van der Waals surface area contributed by atoms with E-state index in [9.17, 15) is 0 Å². The van der Waals surface area contributed by atoms with Gasteiger partial charge in [-0.1, -0.05) is 35.0 Å². The van der Waals surface area contributed by atoms with E-state index in [0.29, 0.717) is 6.04 Å². The van der Waals surface area contributed by atoms with Gasteiger partial charge in [-0.15, -0.1) is 0 Å². The van der Waals surface area contributed by atoms with Gasteiger partial charge >= 0.3 is 0 Å². The highest BCUT2D eigenvalue weighted by atomic mass is 79.9. The zero-order valence-electron chi connectivity index (χ0n) is 14.0. The minimum absolute atomic E-state index is 0.159. The second kappa shape index (κ2) is 6.80. The molecule has 0 spiro atoms. The van der Waals surface area contributed by atoms with Crippen LogP contribution in [0.4, 0.5) is 0 Å². The molecule has 1 aliphatic heterocycles. The maximum Gasteiger partial charge on any atom is 0.0247 e. The fraction of sp³-hybridized carbons (Fsp3) is 0.667. The lowest BCUT2D eigenvalue weighted by atomic mass is 10.1. The third kappa shape index (κ3) is 5.08. The number of rotatable bonds is 4. The van der Waals surface area contributed by atoms with Crippen molar-refractivity contribution in [2.75, 3.05) is 6.54 Å². The third-order valence-corrected chi connectivity index (χ3v) is 4.96. The fourth-order valence-electron chi connectivity index (χ4n) is 3.02. The lowest BCUT2D eigenvalue weighted by molar-refractivity contribution is 0.256. The van der Waals surface area contributed by atoms with E-state index in [1.165, 1.54) is 28.6 Å². The van der Waals surface area contributed by atoms with Gasteiger partial charge < -0.3 is 5.32 Å². The molecule has 1 aromatic rings. The molecule has 0 aromatic heterocycles. The molecule has 1 aliphatic rings. The molecule has 2 atom stereocenters. The first-order valence-electron chi connectivity index (χ1n) is 8.01. The van der Waals surface area contributed by atoms with Gasteiger partial charge in [0.15, 0.2) is 0 Å². The van der Waals surface area contributed by atoms with Gasteiger partial charge in [0, 0.05) is 35.7 Å². The van der Waals surface area contributed by atoms with Crippen LogP contribution in [0.25, 0.3) is 0 Å². The molecule has 2 nitrogen and oxygen atoms in total. The van der Waals surface area contributed by atoms with E-state index in [1.54, 1.807) is 0 Å². The predicted octanol–water partition coefficient (Wildman–Crippen LogP) is 4.57. The Labute approximate surface area is 138 Å². The average molecular weight is 353 g/mol. The molecule has 0 radical (unpaired) electrons. The van der Waals surface area contributed by atoms with Gasteiger partial charge in [0.1, 0.15) is 0 Å². The van der Waals surface area contributed by atoms with Crippen LogP contribution < -0.4 is 5.32 Å². The smallest absolute Gasteiger partial charge is 0.0247 e. The summed E-state index contributed by atoms with van der Waals surface area (Å²) in [4.78, 5) is 2.60. The van der Waals surface area contributed by atoms with E-state index in [2.05, 4.69) is 79.0 Å². The van der Waals surface area contributed by atoms with Crippen molar-refractivity contribution in [1.82, 2.24) is 10.2 Å². The van der Waals surface area contributed by atoms with Crippen molar-refractivity contribution in [3.63, 3.8) is 0 Å². The Hall–Kier alpha value is -0.380. The Morgan fingerprint density at radius 1 is 1.29 bits per heavy atom. The summed E-state index contributed by atoms with van der Waals surface area (Å²) in [6.45, 7) is 14.5. The molecular formula is C18H29BrN2. The Bertz CT molecular complexity index is 479. The van der Waals surface area contributed by atoms with Crippen molar-refractivity contribution >= 4 is 15.9 Å². The summed E-state index contributed by atoms with van der Waals surface area (Å²) in [7, 11) is 0. The normalized spacial score (nSPS) is 23.7. The molecule has 0 bridgehead atoms. The van der Waals surface area contributed by atoms with E-state index >= 15 is 0 Å². The number of halogens is 1. The fourth-order valence-corrected chi connectivity index (χ4v) is 3.57. The van der Waals surface area contributed by atoms with Gasteiger partial charge in [0.25, 0.3) is 0 Å². The minimum atomic E-state index is 0.159. The molecule has 1 N–H and O–H groups in total. The number of nitrogens with one attached hydrogen (secondary N) is 1. The first-order valence-corrected chi connectivity index (χ1v) is 8.80. The zero-order chi connectivity index (χ0) is 15.6. The summed E-state index contributed by atoms with van der Waals surface area (Å²) >= 11 is 3.76. The molecule has 1 heterocycles. The number of likely N-dealkylation sites (tertiary alicyclic amines) is 1. The summed E-state index contributed by atoms with van der Waals surface area (Å²) in [6.07, 6.45) is 1.32. The second-order valence-corrected chi connectivity index (χ2v) is 8.50. The molecule has 0 saturated carbocycles. The molecule has 118 valence electrons. The van der Waals surface area contributed by atoms with Crippen LogP contribution >= 0.6 is 15.9 Å². The molecule has 2 unspecified atom stereocenters. The van der Waals surface area contributed by atoms with Crippen LogP contribution in [0.2, 0.25) is 0 Å². The van der Waals surface area contributed by atoms with Gasteiger partial charge in [-0.25, -0.2) is 0 Å². The molecule has 1 fully saturated rings. The van der Waals surface area contributed by atoms with Crippen molar-refractivity contribution in [2.45, 2.75) is 65.7 Å². The topological polar surface area (TPSA) is 15.3 Å². The van der Waals surface area contributed by atoms with Crippen molar-refractivity contribution in [3.05, 3.63) is 33.8 Å². The summed E-state index contributed by atoms with van der Waals surface area (Å²) < 4.78 is 1.24. The van der Waals surface area contributed by atoms with E-state index in [4.69, 9.17) is 0 Å². The monoisotopic (exact) mass is 352 g/mol. The maximum absolute atomic E-state index is 3.76. The average Bonchev–Trinajstić information content (AvgIpc) is 2.67. The quantitative estimate of drug-likeness (QED) is 0.853. The van der Waals surface area contributed by atoms with Crippen LogP contribution in [-0.2, 0) is 13.1 Å². The van der Waals surface area contributed by atoms with E-state index < -0.39 is 0 Å². The van der Waals surface area contributed by atoms with Crippen molar-refractivity contribution in [1.29, 1.82) is 0 Å². The van der Waals surface area contributed by atoms with Crippen LogP contribution in [0.3, 0.4) is 0 Å². The Balaban J connectivity index is 1.99. The first kappa shape index (κ1) is 17.0. The van der Waals surface area contributed by atoms with Crippen molar-refractivity contribution in [3.8, 4) is 0 Å². The van der Waals surface area contributed by atoms with Crippen LogP contribution in [0, 0.1) is 5.92 Å². The summed E-state index contributed by atoms with van der Waals surface area (Å²) in [6, 6.07) is 7.50. The van der Waals surface area contributed by atoms with Gasteiger partial charge in [-0.3, -0.25) is 4.90 Å². The van der Waals surface area contributed by atoms with Crippen LogP contribution in [0.15, 0.2) is 22.7 Å². The van der Waals surface area contributed by atoms with E-state index in [-0.39, 0.29) is 5.54 Å². The Morgan fingerprint density at radius 3 is 2.52 bits per heavy atom. The Kier molecular flexibility index (Phi) is 5.50. The van der Waals surface area contributed by atoms with Crippen molar-refractivity contribution in [2.24, 2.45) is 5.92 Å². The summed E-state index contributed by atoms with van der Waals surface area (Å²) in [5, 5.41) is 3.54. The first-order chi connectivity index (χ1) is 9.74. The van der Waals surface area contributed by atoms with Crippen molar-refractivity contribution < 1.29 is 0 Å². The standard InChI is InChI=1S/C18H29BrN2/c1-13-8-14(2)21(11-13)12-16-7-6-15(9-17(16)19)10-20-18(3,4)5/h6-7,9,13-14,20H,8,10-12H2,1-5H3. The molecular weight excluding hydrogens is 324 g/mol. The molecule has 21 heavy (non-hydrogen) atoms. The van der Waals surface area contributed by atoms with Gasteiger partial charge in [0.05, 0.1) is 0 Å².